The van der Waals surface area contributed by atoms with E-state index in [-0.39, 0.29) is 17.1 Å². The zero-order valence-electron chi connectivity index (χ0n) is 12.6. The van der Waals surface area contributed by atoms with Crippen molar-refractivity contribution >= 4 is 21.8 Å². The molecule has 0 fully saturated rings. The number of methoxy groups -OCH3 is 2. The molecule has 0 spiro atoms. The Labute approximate surface area is 132 Å². The van der Waals surface area contributed by atoms with E-state index in [1.165, 1.54) is 32.4 Å². The van der Waals surface area contributed by atoms with E-state index in [2.05, 4.69) is 0 Å². The molecular formula is C13H17NO8S. The van der Waals surface area contributed by atoms with E-state index in [1.807, 2.05) is 0 Å². The quantitative estimate of drug-likeness (QED) is 0.568. The average Bonchev–Trinajstić information content (AvgIpc) is 2.45. The minimum absolute atomic E-state index is 0.0683. The summed E-state index contributed by atoms with van der Waals surface area (Å²) in [5, 5.41) is 15.2. The summed E-state index contributed by atoms with van der Waals surface area (Å²) < 4.78 is 34.9. The Kier molecular flexibility index (Phi) is 5.23. The Morgan fingerprint density at radius 1 is 1.09 bits per heavy atom. The van der Waals surface area contributed by atoms with Crippen molar-refractivity contribution in [2.24, 2.45) is 5.73 Å². The number of aliphatic carboxylic acids is 2. The number of ether oxygens (including phenoxy) is 2. The van der Waals surface area contributed by atoms with Crippen molar-refractivity contribution in [2.75, 3.05) is 14.2 Å². The molecule has 1 aromatic rings. The van der Waals surface area contributed by atoms with Crippen LogP contribution in [0.5, 0.6) is 11.5 Å². The van der Waals surface area contributed by atoms with Crippen LogP contribution in [0.4, 0.5) is 0 Å². The molecule has 0 saturated heterocycles. The van der Waals surface area contributed by atoms with Crippen LogP contribution in [-0.4, -0.2) is 50.0 Å². The number of carbonyl (C=O) groups is 2. The molecule has 9 nitrogen and oxygen atoms in total. The molecular weight excluding hydrogens is 330 g/mol. The summed E-state index contributed by atoms with van der Waals surface area (Å²) >= 11 is 0. The van der Waals surface area contributed by atoms with Gasteiger partial charge in [0, 0.05) is 6.07 Å². The zero-order valence-corrected chi connectivity index (χ0v) is 13.5. The van der Waals surface area contributed by atoms with Crippen molar-refractivity contribution in [3.8, 4) is 11.5 Å². The third kappa shape index (κ3) is 3.37. The highest BCUT2D eigenvalue weighted by atomic mass is 32.2. The predicted molar refractivity (Wildman–Crippen MR) is 79.1 cm³/mol. The topological polar surface area (TPSA) is 153 Å². The molecule has 0 heterocycles. The number of rotatable bonds is 7. The molecule has 0 aliphatic heterocycles. The van der Waals surface area contributed by atoms with E-state index < -0.39 is 31.9 Å². The predicted octanol–water partition coefficient (Wildman–Crippen LogP) is -0.212. The Balaban J connectivity index is 3.56. The van der Waals surface area contributed by atoms with Gasteiger partial charge in [-0.3, -0.25) is 9.59 Å². The van der Waals surface area contributed by atoms with Crippen LogP contribution in [0.1, 0.15) is 12.5 Å². The molecule has 4 N–H and O–H groups in total. The molecule has 10 heteroatoms. The Bertz CT molecular complexity index is 689. The number of carboxylic acid groups (broad SMARTS) is 2. The lowest BCUT2D eigenvalue weighted by atomic mass is 10.1. The van der Waals surface area contributed by atoms with Crippen molar-refractivity contribution in [2.45, 2.75) is 17.0 Å². The minimum Gasteiger partial charge on any atom is -0.497 e. The second kappa shape index (κ2) is 6.42. The van der Waals surface area contributed by atoms with Gasteiger partial charge in [-0.05, 0) is 24.6 Å². The highest BCUT2D eigenvalue weighted by molar-refractivity contribution is 7.94. The fourth-order valence-electron chi connectivity index (χ4n) is 1.87. The van der Waals surface area contributed by atoms with Gasteiger partial charge in [-0.15, -0.1) is 0 Å². The molecule has 0 saturated carbocycles. The Morgan fingerprint density at radius 2 is 1.48 bits per heavy atom. The Morgan fingerprint density at radius 3 is 1.78 bits per heavy atom. The fraction of sp³-hybridized carbons (Fsp3) is 0.385. The summed E-state index contributed by atoms with van der Waals surface area (Å²) in [6, 6.07) is 3.99. The smallest absolute Gasteiger partial charge is 0.333 e. The lowest BCUT2D eigenvalue weighted by molar-refractivity contribution is -0.146. The van der Waals surface area contributed by atoms with Crippen LogP contribution in [-0.2, 0) is 24.3 Å². The van der Waals surface area contributed by atoms with Gasteiger partial charge in [0.15, 0.2) is 9.84 Å². The zero-order chi connectivity index (χ0) is 18.0. The van der Waals surface area contributed by atoms with E-state index >= 15 is 0 Å². The summed E-state index contributed by atoms with van der Waals surface area (Å²) in [6.07, 6.45) is 0. The largest absolute Gasteiger partial charge is 0.497 e. The van der Waals surface area contributed by atoms with Gasteiger partial charge in [0.25, 0.3) is 5.25 Å². The second-order valence-corrected chi connectivity index (χ2v) is 7.22. The molecule has 0 radical (unpaired) electrons. The summed E-state index contributed by atoms with van der Waals surface area (Å²) in [7, 11) is -2.17. The third-order valence-electron chi connectivity index (χ3n) is 3.27. The van der Waals surface area contributed by atoms with Crippen LogP contribution < -0.4 is 15.2 Å². The summed E-state index contributed by atoms with van der Waals surface area (Å²) in [6.45, 7) is 1.01. The second-order valence-electron chi connectivity index (χ2n) is 4.81. The summed E-state index contributed by atoms with van der Waals surface area (Å²) in [5.74, 6) is -3.62. The normalized spacial score (nSPS) is 14.1. The van der Waals surface area contributed by atoms with Gasteiger partial charge in [-0.2, -0.15) is 0 Å². The molecule has 1 unspecified atom stereocenters. The van der Waals surface area contributed by atoms with Crippen LogP contribution in [0.2, 0.25) is 0 Å². The SMILES string of the molecule is COc1cc(OC)cc(C(C)(N)S(=O)(=O)C(C(=O)O)C(=O)O)c1. The van der Waals surface area contributed by atoms with E-state index in [1.54, 1.807) is 0 Å². The van der Waals surface area contributed by atoms with Crippen molar-refractivity contribution in [1.29, 1.82) is 0 Å². The molecule has 1 rings (SSSR count). The summed E-state index contributed by atoms with van der Waals surface area (Å²) in [5.41, 5.74) is 5.75. The molecule has 1 atom stereocenters. The molecule has 23 heavy (non-hydrogen) atoms. The first kappa shape index (κ1) is 18.7. The standard InChI is InChI=1S/C13H17NO8S/c1-13(14,23(19,20)10(11(15)16)12(17)18)7-4-8(21-2)6-9(5-7)22-3/h4-6,10H,14H2,1-3H3,(H,15,16)(H,17,18). The van der Waals surface area contributed by atoms with E-state index in [0.29, 0.717) is 0 Å². The highest BCUT2D eigenvalue weighted by Gasteiger charge is 2.50. The van der Waals surface area contributed by atoms with E-state index in [9.17, 15) is 18.0 Å². The maximum Gasteiger partial charge on any atom is 0.333 e. The molecule has 0 amide bonds. The van der Waals surface area contributed by atoms with Crippen LogP contribution in [0.3, 0.4) is 0 Å². The average molecular weight is 347 g/mol. The van der Waals surface area contributed by atoms with E-state index in [0.717, 1.165) is 6.92 Å². The maximum absolute atomic E-state index is 12.5. The van der Waals surface area contributed by atoms with Gasteiger partial charge in [0.2, 0.25) is 0 Å². The first-order chi connectivity index (χ1) is 10.5. The van der Waals surface area contributed by atoms with Crippen LogP contribution in [0.15, 0.2) is 18.2 Å². The number of hydrogen-bond acceptors (Lipinski definition) is 7. The number of carboxylic acids is 2. The Hall–Kier alpha value is -2.33. The summed E-state index contributed by atoms with van der Waals surface area (Å²) in [4.78, 5) is 19.8. The van der Waals surface area contributed by atoms with Gasteiger partial charge in [-0.1, -0.05) is 0 Å². The molecule has 0 aliphatic carbocycles. The lowest BCUT2D eigenvalue weighted by Gasteiger charge is -2.27. The number of nitrogens with two attached hydrogens (primary N) is 1. The fourth-order valence-corrected chi connectivity index (χ4v) is 3.34. The molecule has 0 aliphatic rings. The van der Waals surface area contributed by atoms with Crippen molar-refractivity contribution in [3.05, 3.63) is 23.8 Å². The number of hydrogen-bond donors (Lipinski definition) is 3. The monoisotopic (exact) mass is 347 g/mol. The van der Waals surface area contributed by atoms with Crippen LogP contribution >= 0.6 is 0 Å². The first-order valence-electron chi connectivity index (χ1n) is 6.20. The molecule has 0 aromatic heterocycles. The van der Waals surface area contributed by atoms with Crippen molar-refractivity contribution in [3.63, 3.8) is 0 Å². The maximum atomic E-state index is 12.5. The molecule has 0 bridgehead atoms. The molecule has 128 valence electrons. The van der Waals surface area contributed by atoms with Crippen molar-refractivity contribution < 1.29 is 37.7 Å². The minimum atomic E-state index is -4.83. The van der Waals surface area contributed by atoms with E-state index in [4.69, 9.17) is 25.4 Å². The molecule has 1 aromatic carbocycles. The number of sulfone groups is 1. The van der Waals surface area contributed by atoms with Gasteiger partial charge in [-0.25, -0.2) is 8.42 Å². The van der Waals surface area contributed by atoms with Crippen molar-refractivity contribution in [1.82, 2.24) is 0 Å². The van der Waals surface area contributed by atoms with Gasteiger partial charge in [0.05, 0.1) is 14.2 Å². The highest BCUT2D eigenvalue weighted by Crippen LogP contribution is 2.33. The van der Waals surface area contributed by atoms with Crippen LogP contribution in [0, 0.1) is 0 Å². The lowest BCUT2D eigenvalue weighted by Crippen LogP contribution is -2.52. The van der Waals surface area contributed by atoms with Crippen LogP contribution in [0.25, 0.3) is 0 Å². The third-order valence-corrected chi connectivity index (χ3v) is 5.72. The van der Waals surface area contributed by atoms with Gasteiger partial charge < -0.3 is 25.4 Å². The first-order valence-corrected chi connectivity index (χ1v) is 7.75. The van der Waals surface area contributed by atoms with Gasteiger partial charge >= 0.3 is 11.9 Å². The number of benzene rings is 1. The van der Waals surface area contributed by atoms with Gasteiger partial charge in [0.1, 0.15) is 16.4 Å².